The monoisotopic (exact) mass is 309 g/mol. The summed E-state index contributed by atoms with van der Waals surface area (Å²) in [6, 6.07) is 0. The van der Waals surface area contributed by atoms with Gasteiger partial charge in [0.2, 0.25) is 17.7 Å². The van der Waals surface area contributed by atoms with Crippen LogP contribution in [0.25, 0.3) is 0 Å². The van der Waals surface area contributed by atoms with Crippen molar-refractivity contribution < 1.29 is 13.9 Å². The number of carbonyl (C=O) groups is 1. The summed E-state index contributed by atoms with van der Waals surface area (Å²) in [5.74, 6) is 2.33. The van der Waals surface area contributed by atoms with Crippen molar-refractivity contribution in [1.29, 1.82) is 0 Å². The average molecular weight is 309 g/mol. The number of amides is 1. The molecular weight excluding hydrogens is 282 g/mol. The number of ether oxygens (including phenoxy) is 1. The molecule has 0 N–H and O–H groups in total. The molecule has 1 aliphatic rings. The van der Waals surface area contributed by atoms with Crippen molar-refractivity contribution in [1.82, 2.24) is 15.1 Å². The van der Waals surface area contributed by atoms with Crippen molar-refractivity contribution in [2.24, 2.45) is 11.8 Å². The fourth-order valence-corrected chi connectivity index (χ4v) is 2.85. The van der Waals surface area contributed by atoms with E-state index in [9.17, 15) is 4.79 Å². The predicted octanol–water partition coefficient (Wildman–Crippen LogP) is 2.43. The van der Waals surface area contributed by atoms with Gasteiger partial charge in [0.15, 0.2) is 0 Å². The van der Waals surface area contributed by atoms with Crippen molar-refractivity contribution in [3.05, 3.63) is 11.8 Å². The van der Waals surface area contributed by atoms with Crippen LogP contribution < -0.4 is 0 Å². The number of nitrogens with zero attached hydrogens (tertiary/aromatic N) is 3. The van der Waals surface area contributed by atoms with E-state index < -0.39 is 0 Å². The molecule has 1 aromatic heterocycles. The maximum Gasteiger partial charge on any atom is 0.222 e. The molecule has 1 aromatic rings. The van der Waals surface area contributed by atoms with Crippen molar-refractivity contribution in [2.75, 3.05) is 26.8 Å². The Kier molecular flexibility index (Phi) is 5.56. The van der Waals surface area contributed by atoms with Gasteiger partial charge in [0.25, 0.3) is 0 Å². The lowest BCUT2D eigenvalue weighted by molar-refractivity contribution is -0.131. The zero-order valence-corrected chi connectivity index (χ0v) is 14.2. The van der Waals surface area contributed by atoms with Crippen LogP contribution in [0.4, 0.5) is 0 Å². The summed E-state index contributed by atoms with van der Waals surface area (Å²) in [6.07, 6.45) is 0.577. The van der Waals surface area contributed by atoms with Gasteiger partial charge in [-0.05, 0) is 5.92 Å². The van der Waals surface area contributed by atoms with Crippen molar-refractivity contribution in [2.45, 2.75) is 46.0 Å². The summed E-state index contributed by atoms with van der Waals surface area (Å²) in [4.78, 5) is 14.2. The quantitative estimate of drug-likeness (QED) is 0.807. The second-order valence-electron chi connectivity index (χ2n) is 6.85. The summed E-state index contributed by atoms with van der Waals surface area (Å²) in [5, 5.41) is 8.31. The average Bonchev–Trinajstić information content (AvgIpc) is 3.04. The van der Waals surface area contributed by atoms with E-state index in [1.54, 1.807) is 7.11 Å². The van der Waals surface area contributed by atoms with Crippen molar-refractivity contribution in [3.8, 4) is 0 Å². The lowest BCUT2D eigenvalue weighted by Crippen LogP contribution is -2.30. The minimum atomic E-state index is 0.0658. The Labute approximate surface area is 132 Å². The number of carbonyl (C=O) groups excluding carboxylic acids is 1. The lowest BCUT2D eigenvalue weighted by Gasteiger charge is -2.17. The first-order chi connectivity index (χ1) is 10.4. The molecule has 0 spiro atoms. The van der Waals surface area contributed by atoms with Crippen LogP contribution in [0.1, 0.15) is 57.7 Å². The molecule has 0 aliphatic carbocycles. The third-order valence-corrected chi connectivity index (χ3v) is 4.02. The van der Waals surface area contributed by atoms with Gasteiger partial charge >= 0.3 is 0 Å². The predicted molar refractivity (Wildman–Crippen MR) is 82.5 cm³/mol. The largest absolute Gasteiger partial charge is 0.425 e. The Balaban J connectivity index is 2.12. The van der Waals surface area contributed by atoms with E-state index in [0.29, 0.717) is 43.8 Å². The second kappa shape index (κ2) is 7.22. The molecule has 6 heteroatoms. The highest BCUT2D eigenvalue weighted by molar-refractivity contribution is 5.76. The molecule has 0 unspecified atom stereocenters. The molecule has 0 saturated carbocycles. The molecule has 0 radical (unpaired) electrons. The first-order valence-corrected chi connectivity index (χ1v) is 8.02. The second-order valence-corrected chi connectivity index (χ2v) is 6.85. The molecule has 1 amide bonds. The summed E-state index contributed by atoms with van der Waals surface area (Å²) in [6.45, 7) is 10.1. The highest BCUT2D eigenvalue weighted by Crippen LogP contribution is 2.33. The van der Waals surface area contributed by atoms with Gasteiger partial charge in [-0.3, -0.25) is 4.79 Å². The van der Waals surface area contributed by atoms with E-state index in [1.165, 1.54) is 0 Å². The highest BCUT2D eigenvalue weighted by Gasteiger charge is 2.39. The first-order valence-electron chi connectivity index (χ1n) is 8.02. The van der Waals surface area contributed by atoms with Gasteiger partial charge < -0.3 is 14.1 Å². The van der Waals surface area contributed by atoms with E-state index in [4.69, 9.17) is 9.15 Å². The van der Waals surface area contributed by atoms with Gasteiger partial charge in [0.05, 0.1) is 12.5 Å². The third kappa shape index (κ3) is 3.85. The van der Waals surface area contributed by atoms with E-state index in [1.807, 2.05) is 18.7 Å². The summed E-state index contributed by atoms with van der Waals surface area (Å²) in [7, 11) is 1.68. The lowest BCUT2D eigenvalue weighted by atomic mass is 9.97. The number of aromatic nitrogens is 2. The maximum atomic E-state index is 12.3. The van der Waals surface area contributed by atoms with E-state index in [-0.39, 0.29) is 23.7 Å². The topological polar surface area (TPSA) is 68.5 Å². The Morgan fingerprint density at radius 1 is 1.32 bits per heavy atom. The van der Waals surface area contributed by atoms with Crippen molar-refractivity contribution in [3.63, 3.8) is 0 Å². The minimum Gasteiger partial charge on any atom is -0.425 e. The van der Waals surface area contributed by atoms with Crippen molar-refractivity contribution >= 4 is 5.91 Å². The van der Waals surface area contributed by atoms with Gasteiger partial charge in [-0.25, -0.2) is 0 Å². The Bertz CT molecular complexity index is 499. The van der Waals surface area contributed by atoms with E-state index in [0.717, 1.165) is 0 Å². The highest BCUT2D eigenvalue weighted by atomic mass is 16.5. The Morgan fingerprint density at radius 2 is 2.05 bits per heavy atom. The van der Waals surface area contributed by atoms with Crippen LogP contribution >= 0.6 is 0 Å². The van der Waals surface area contributed by atoms with Gasteiger partial charge in [0, 0.05) is 38.5 Å². The van der Waals surface area contributed by atoms with Gasteiger partial charge in [-0.15, -0.1) is 10.2 Å². The summed E-state index contributed by atoms with van der Waals surface area (Å²) in [5.41, 5.74) is 0. The van der Waals surface area contributed by atoms with Crippen LogP contribution in [0.3, 0.4) is 0 Å². The molecule has 22 heavy (non-hydrogen) atoms. The molecular formula is C16H27N3O3. The summed E-state index contributed by atoms with van der Waals surface area (Å²) < 4.78 is 11.1. The minimum absolute atomic E-state index is 0.0658. The molecule has 2 atom stereocenters. The van der Waals surface area contributed by atoms with E-state index >= 15 is 0 Å². The zero-order valence-electron chi connectivity index (χ0n) is 14.2. The molecule has 2 heterocycles. The van der Waals surface area contributed by atoms with Gasteiger partial charge in [-0.1, -0.05) is 27.7 Å². The van der Waals surface area contributed by atoms with Crippen LogP contribution in [0, 0.1) is 11.8 Å². The third-order valence-electron chi connectivity index (χ3n) is 4.02. The maximum absolute atomic E-state index is 12.3. The van der Waals surface area contributed by atoms with Crippen LogP contribution in [0.15, 0.2) is 4.42 Å². The SMILES string of the molecule is COC[C@@H]1CN(C(=O)CC(C)C)C[C@H]1c1nnc(C(C)C)o1. The summed E-state index contributed by atoms with van der Waals surface area (Å²) >= 11 is 0. The molecule has 124 valence electrons. The molecule has 1 saturated heterocycles. The Morgan fingerprint density at radius 3 is 2.59 bits per heavy atom. The molecule has 0 bridgehead atoms. The normalized spacial score (nSPS) is 22.0. The van der Waals surface area contributed by atoms with Gasteiger partial charge in [0.1, 0.15) is 0 Å². The number of hydrogen-bond donors (Lipinski definition) is 0. The van der Waals surface area contributed by atoms with Crippen LogP contribution in [0.2, 0.25) is 0 Å². The first kappa shape index (κ1) is 16.9. The van der Waals surface area contributed by atoms with Gasteiger partial charge in [-0.2, -0.15) is 0 Å². The molecule has 1 aliphatic heterocycles. The fraction of sp³-hybridized carbons (Fsp3) is 0.812. The molecule has 1 fully saturated rings. The fourth-order valence-electron chi connectivity index (χ4n) is 2.85. The molecule has 2 rings (SSSR count). The standard InChI is InChI=1S/C16H27N3O3/c1-10(2)6-14(20)19-7-12(9-21-5)13(8-19)16-18-17-15(22-16)11(3)4/h10-13H,6-9H2,1-5H3/t12-,13+/m0/s1. The molecule has 0 aromatic carbocycles. The smallest absolute Gasteiger partial charge is 0.222 e. The zero-order chi connectivity index (χ0) is 16.3. The number of methoxy groups -OCH3 is 1. The number of likely N-dealkylation sites (tertiary alicyclic amines) is 1. The number of hydrogen-bond acceptors (Lipinski definition) is 5. The van der Waals surface area contributed by atoms with Crippen LogP contribution in [-0.2, 0) is 9.53 Å². The van der Waals surface area contributed by atoms with E-state index in [2.05, 4.69) is 24.0 Å². The Hall–Kier alpha value is -1.43. The van der Waals surface area contributed by atoms with Crippen LogP contribution in [0.5, 0.6) is 0 Å². The number of rotatable bonds is 6. The van der Waals surface area contributed by atoms with Crippen LogP contribution in [-0.4, -0.2) is 47.8 Å². The molecule has 6 nitrogen and oxygen atoms in total.